The first-order valence-electron chi connectivity index (χ1n) is 6.85. The second kappa shape index (κ2) is 5.21. The predicted octanol–water partition coefficient (Wildman–Crippen LogP) is 2.51. The molecule has 1 saturated carbocycles. The summed E-state index contributed by atoms with van der Waals surface area (Å²) in [6.45, 7) is 3.14. The molecule has 2 atom stereocenters. The average molecular weight is 235 g/mol. The number of rotatable bonds is 5. The van der Waals surface area contributed by atoms with Gasteiger partial charge in [0, 0.05) is 25.9 Å². The number of hydrogen-bond acceptors (Lipinski definition) is 2. The largest absolute Gasteiger partial charge is 0.338 e. The third kappa shape index (κ3) is 2.71. The van der Waals surface area contributed by atoms with Crippen molar-refractivity contribution in [3.05, 3.63) is 18.2 Å². The standard InChI is InChI=1S/C14H25N3/c1-3-12-4-6-14(10-12,11-15)7-5-13-16-8-9-17(13)2/h8-9,12H,3-7,10-11,15H2,1-2H3. The van der Waals surface area contributed by atoms with Gasteiger partial charge in [-0.3, -0.25) is 0 Å². The SMILES string of the molecule is CCC1CCC(CN)(CCc2nccn2C)C1. The first-order chi connectivity index (χ1) is 8.19. The van der Waals surface area contributed by atoms with Gasteiger partial charge in [0.2, 0.25) is 0 Å². The molecule has 3 nitrogen and oxygen atoms in total. The summed E-state index contributed by atoms with van der Waals surface area (Å²) in [5.41, 5.74) is 6.43. The summed E-state index contributed by atoms with van der Waals surface area (Å²) in [5.74, 6) is 2.10. The van der Waals surface area contributed by atoms with Gasteiger partial charge in [0.1, 0.15) is 5.82 Å². The third-order valence-corrected chi connectivity index (χ3v) is 4.61. The van der Waals surface area contributed by atoms with E-state index in [-0.39, 0.29) is 0 Å². The van der Waals surface area contributed by atoms with Crippen LogP contribution >= 0.6 is 0 Å². The van der Waals surface area contributed by atoms with Crippen LogP contribution in [0.5, 0.6) is 0 Å². The lowest BCUT2D eigenvalue weighted by Crippen LogP contribution is -2.28. The molecule has 2 unspecified atom stereocenters. The minimum atomic E-state index is 0.395. The van der Waals surface area contributed by atoms with Crippen molar-refractivity contribution in [3.8, 4) is 0 Å². The zero-order valence-corrected chi connectivity index (χ0v) is 11.2. The van der Waals surface area contributed by atoms with Gasteiger partial charge in [-0.2, -0.15) is 0 Å². The Hall–Kier alpha value is -0.830. The van der Waals surface area contributed by atoms with Crippen LogP contribution in [0.3, 0.4) is 0 Å². The fourth-order valence-corrected chi connectivity index (χ4v) is 3.20. The van der Waals surface area contributed by atoms with Crippen molar-refractivity contribution in [2.75, 3.05) is 6.54 Å². The summed E-state index contributed by atoms with van der Waals surface area (Å²) in [6.07, 6.45) is 11.5. The van der Waals surface area contributed by atoms with Gasteiger partial charge in [-0.15, -0.1) is 0 Å². The van der Waals surface area contributed by atoms with Crippen LogP contribution in [0, 0.1) is 11.3 Å². The molecule has 0 aromatic carbocycles. The maximum Gasteiger partial charge on any atom is 0.108 e. The first kappa shape index (κ1) is 12.6. The maximum absolute atomic E-state index is 6.04. The summed E-state index contributed by atoms with van der Waals surface area (Å²) in [5, 5.41) is 0. The zero-order chi connectivity index (χ0) is 12.3. The fraction of sp³-hybridized carbons (Fsp3) is 0.786. The minimum Gasteiger partial charge on any atom is -0.338 e. The van der Waals surface area contributed by atoms with Crippen LogP contribution in [0.15, 0.2) is 12.4 Å². The van der Waals surface area contributed by atoms with Crippen LogP contribution < -0.4 is 5.73 Å². The molecule has 0 amide bonds. The number of nitrogens with two attached hydrogens (primary N) is 1. The van der Waals surface area contributed by atoms with E-state index in [1.54, 1.807) is 0 Å². The molecule has 0 bridgehead atoms. The Bertz CT molecular complexity index is 358. The molecule has 1 aromatic heterocycles. The summed E-state index contributed by atoms with van der Waals surface area (Å²) in [7, 11) is 2.07. The average Bonchev–Trinajstić information content (AvgIpc) is 2.94. The van der Waals surface area contributed by atoms with Crippen LogP contribution in [0.1, 0.15) is 44.9 Å². The Kier molecular flexibility index (Phi) is 3.87. The van der Waals surface area contributed by atoms with Crippen LogP contribution in [-0.4, -0.2) is 16.1 Å². The van der Waals surface area contributed by atoms with Gasteiger partial charge in [-0.05, 0) is 43.6 Å². The van der Waals surface area contributed by atoms with Crippen molar-refractivity contribution >= 4 is 0 Å². The minimum absolute atomic E-state index is 0.395. The van der Waals surface area contributed by atoms with Crippen molar-refractivity contribution in [1.82, 2.24) is 9.55 Å². The monoisotopic (exact) mass is 235 g/mol. The molecule has 1 fully saturated rings. The van der Waals surface area contributed by atoms with Gasteiger partial charge in [0.15, 0.2) is 0 Å². The second-order valence-corrected chi connectivity index (χ2v) is 5.68. The summed E-state index contributed by atoms with van der Waals surface area (Å²) in [4.78, 5) is 4.40. The maximum atomic E-state index is 6.04. The van der Waals surface area contributed by atoms with E-state index in [0.29, 0.717) is 5.41 Å². The van der Waals surface area contributed by atoms with E-state index in [0.717, 1.165) is 18.9 Å². The molecule has 17 heavy (non-hydrogen) atoms. The Balaban J connectivity index is 1.94. The summed E-state index contributed by atoms with van der Waals surface area (Å²) in [6, 6.07) is 0. The van der Waals surface area contributed by atoms with Crippen LogP contribution in [0.2, 0.25) is 0 Å². The van der Waals surface area contributed by atoms with Crippen molar-refractivity contribution in [1.29, 1.82) is 0 Å². The molecular weight excluding hydrogens is 210 g/mol. The molecule has 0 spiro atoms. The molecular formula is C14H25N3. The predicted molar refractivity (Wildman–Crippen MR) is 70.6 cm³/mol. The molecule has 1 aromatic rings. The number of nitrogens with zero attached hydrogens (tertiary/aromatic N) is 2. The lowest BCUT2D eigenvalue weighted by Gasteiger charge is -2.27. The van der Waals surface area contributed by atoms with Gasteiger partial charge in [0.05, 0.1) is 0 Å². The second-order valence-electron chi connectivity index (χ2n) is 5.68. The topological polar surface area (TPSA) is 43.8 Å². The van der Waals surface area contributed by atoms with Crippen molar-refractivity contribution in [2.45, 2.75) is 45.4 Å². The highest BCUT2D eigenvalue weighted by molar-refractivity contribution is 4.96. The fourth-order valence-electron chi connectivity index (χ4n) is 3.20. The Morgan fingerprint density at radius 3 is 2.94 bits per heavy atom. The molecule has 2 rings (SSSR count). The van der Waals surface area contributed by atoms with Gasteiger partial charge in [0.25, 0.3) is 0 Å². The Labute approximate surface area is 104 Å². The normalized spacial score (nSPS) is 28.8. The molecule has 0 saturated heterocycles. The summed E-state index contributed by atoms with van der Waals surface area (Å²) >= 11 is 0. The highest BCUT2D eigenvalue weighted by Gasteiger charge is 2.36. The molecule has 1 heterocycles. The summed E-state index contributed by atoms with van der Waals surface area (Å²) < 4.78 is 2.12. The Morgan fingerprint density at radius 2 is 2.41 bits per heavy atom. The smallest absolute Gasteiger partial charge is 0.108 e. The van der Waals surface area contributed by atoms with E-state index in [9.17, 15) is 0 Å². The quantitative estimate of drug-likeness (QED) is 0.852. The van der Waals surface area contributed by atoms with Gasteiger partial charge in [-0.25, -0.2) is 4.98 Å². The first-order valence-corrected chi connectivity index (χ1v) is 6.85. The molecule has 1 aliphatic rings. The van der Waals surface area contributed by atoms with Gasteiger partial charge in [-0.1, -0.05) is 13.3 Å². The van der Waals surface area contributed by atoms with E-state index < -0.39 is 0 Å². The van der Waals surface area contributed by atoms with E-state index in [2.05, 4.69) is 23.5 Å². The number of hydrogen-bond donors (Lipinski definition) is 1. The zero-order valence-electron chi connectivity index (χ0n) is 11.2. The molecule has 1 aliphatic carbocycles. The van der Waals surface area contributed by atoms with Gasteiger partial charge >= 0.3 is 0 Å². The highest BCUT2D eigenvalue weighted by atomic mass is 15.0. The molecule has 2 N–H and O–H groups in total. The third-order valence-electron chi connectivity index (χ3n) is 4.61. The van der Waals surface area contributed by atoms with Gasteiger partial charge < -0.3 is 10.3 Å². The number of aromatic nitrogens is 2. The van der Waals surface area contributed by atoms with E-state index in [4.69, 9.17) is 5.73 Å². The molecule has 96 valence electrons. The molecule has 0 aliphatic heterocycles. The van der Waals surface area contributed by atoms with E-state index in [1.807, 2.05) is 12.4 Å². The van der Waals surface area contributed by atoms with E-state index in [1.165, 1.54) is 37.9 Å². The van der Waals surface area contributed by atoms with Crippen molar-refractivity contribution in [3.63, 3.8) is 0 Å². The molecule has 3 heteroatoms. The van der Waals surface area contributed by atoms with Crippen LogP contribution in [-0.2, 0) is 13.5 Å². The van der Waals surface area contributed by atoms with Crippen molar-refractivity contribution in [2.24, 2.45) is 24.1 Å². The highest BCUT2D eigenvalue weighted by Crippen LogP contribution is 2.45. The number of imidazole rings is 1. The Morgan fingerprint density at radius 1 is 1.59 bits per heavy atom. The van der Waals surface area contributed by atoms with Crippen LogP contribution in [0.25, 0.3) is 0 Å². The lowest BCUT2D eigenvalue weighted by molar-refractivity contribution is 0.267. The van der Waals surface area contributed by atoms with Crippen LogP contribution in [0.4, 0.5) is 0 Å². The van der Waals surface area contributed by atoms with Crippen molar-refractivity contribution < 1.29 is 0 Å². The lowest BCUT2D eigenvalue weighted by atomic mass is 9.80. The molecule has 0 radical (unpaired) electrons. The van der Waals surface area contributed by atoms with E-state index >= 15 is 0 Å². The number of aryl methyl sites for hydroxylation is 2.